The standard InChI is InChI=1S/C25H24N2O2S/c1-3-26(17-18-10-6-5-7-11-18)24(28)19-14-15-23-21(16-19)27(4-2)25(29)20-12-8-9-13-22(20)30-23/h5-16H,3-4,17H2,1-2H3. The molecule has 1 aliphatic heterocycles. The van der Waals surface area contributed by atoms with Crippen LogP contribution in [-0.2, 0) is 6.54 Å². The molecule has 5 heteroatoms. The third-order valence-electron chi connectivity index (χ3n) is 5.28. The molecule has 0 saturated heterocycles. The highest BCUT2D eigenvalue weighted by atomic mass is 32.2. The first-order valence-corrected chi connectivity index (χ1v) is 11.0. The molecule has 3 aromatic carbocycles. The number of carbonyl (C=O) groups excluding carboxylic acids is 2. The highest BCUT2D eigenvalue weighted by Gasteiger charge is 2.27. The summed E-state index contributed by atoms with van der Waals surface area (Å²) >= 11 is 1.58. The Hall–Kier alpha value is -3.05. The van der Waals surface area contributed by atoms with Crippen LogP contribution in [0.2, 0.25) is 0 Å². The molecule has 0 saturated carbocycles. The molecule has 0 spiro atoms. The van der Waals surface area contributed by atoms with Crippen molar-refractivity contribution >= 4 is 29.3 Å². The lowest BCUT2D eigenvalue weighted by molar-refractivity contribution is 0.0752. The molecule has 0 aliphatic carbocycles. The van der Waals surface area contributed by atoms with E-state index >= 15 is 0 Å². The van der Waals surface area contributed by atoms with E-state index in [1.54, 1.807) is 16.7 Å². The third kappa shape index (κ3) is 3.85. The number of hydrogen-bond donors (Lipinski definition) is 0. The lowest BCUT2D eigenvalue weighted by Crippen LogP contribution is -2.32. The van der Waals surface area contributed by atoms with Crippen LogP contribution in [0.4, 0.5) is 5.69 Å². The van der Waals surface area contributed by atoms with Gasteiger partial charge in [-0.15, -0.1) is 0 Å². The fourth-order valence-electron chi connectivity index (χ4n) is 3.68. The molecule has 1 heterocycles. The first-order chi connectivity index (χ1) is 14.6. The second-order valence-electron chi connectivity index (χ2n) is 7.14. The van der Waals surface area contributed by atoms with Gasteiger partial charge in [0.15, 0.2) is 0 Å². The van der Waals surface area contributed by atoms with E-state index in [1.165, 1.54) is 0 Å². The van der Waals surface area contributed by atoms with Crippen molar-refractivity contribution in [3.63, 3.8) is 0 Å². The Labute approximate surface area is 181 Å². The number of amides is 2. The molecule has 0 bridgehead atoms. The molecular formula is C25H24N2O2S. The first-order valence-electron chi connectivity index (χ1n) is 10.2. The molecule has 0 fully saturated rings. The summed E-state index contributed by atoms with van der Waals surface area (Å²) < 4.78 is 0. The summed E-state index contributed by atoms with van der Waals surface area (Å²) in [5, 5.41) is 0. The van der Waals surface area contributed by atoms with Crippen molar-refractivity contribution in [2.24, 2.45) is 0 Å². The van der Waals surface area contributed by atoms with Gasteiger partial charge < -0.3 is 9.80 Å². The minimum Gasteiger partial charge on any atom is -0.335 e. The van der Waals surface area contributed by atoms with Crippen LogP contribution in [0.15, 0.2) is 82.6 Å². The van der Waals surface area contributed by atoms with Gasteiger partial charge in [0.1, 0.15) is 0 Å². The molecule has 4 rings (SSSR count). The lowest BCUT2D eigenvalue weighted by Gasteiger charge is -2.24. The minimum absolute atomic E-state index is 0.0272. The molecule has 0 N–H and O–H groups in total. The maximum atomic E-state index is 13.3. The zero-order valence-electron chi connectivity index (χ0n) is 17.2. The molecule has 0 radical (unpaired) electrons. The van der Waals surface area contributed by atoms with Crippen LogP contribution in [0.3, 0.4) is 0 Å². The topological polar surface area (TPSA) is 40.6 Å². The summed E-state index contributed by atoms with van der Waals surface area (Å²) in [5.74, 6) is -0.0556. The van der Waals surface area contributed by atoms with Gasteiger partial charge in [0.05, 0.1) is 11.3 Å². The van der Waals surface area contributed by atoms with Gasteiger partial charge in [-0.05, 0) is 49.7 Å². The second kappa shape index (κ2) is 8.76. The van der Waals surface area contributed by atoms with Crippen molar-refractivity contribution in [1.29, 1.82) is 0 Å². The number of fused-ring (bicyclic) bond motifs is 2. The predicted molar refractivity (Wildman–Crippen MR) is 121 cm³/mol. The van der Waals surface area contributed by atoms with Crippen LogP contribution in [0.25, 0.3) is 0 Å². The highest BCUT2D eigenvalue weighted by Crippen LogP contribution is 2.41. The summed E-state index contributed by atoms with van der Waals surface area (Å²) in [6.07, 6.45) is 0. The first kappa shape index (κ1) is 20.2. The number of carbonyl (C=O) groups is 2. The SMILES string of the molecule is CCN(Cc1ccccc1)C(=O)c1ccc2c(c1)N(CC)C(=O)c1ccccc1S2. The summed E-state index contributed by atoms with van der Waals surface area (Å²) in [7, 11) is 0. The maximum Gasteiger partial charge on any atom is 0.259 e. The Balaban J connectivity index is 1.68. The Morgan fingerprint density at radius 1 is 0.933 bits per heavy atom. The quantitative estimate of drug-likeness (QED) is 0.553. The fourth-order valence-corrected chi connectivity index (χ4v) is 4.74. The van der Waals surface area contributed by atoms with Crippen LogP contribution >= 0.6 is 11.8 Å². The van der Waals surface area contributed by atoms with E-state index < -0.39 is 0 Å². The van der Waals surface area contributed by atoms with E-state index in [0.717, 1.165) is 21.0 Å². The van der Waals surface area contributed by atoms with Crippen LogP contribution in [0.1, 0.15) is 40.1 Å². The van der Waals surface area contributed by atoms with Crippen molar-refractivity contribution in [3.05, 3.63) is 89.5 Å². The summed E-state index contributed by atoms with van der Waals surface area (Å²) in [6, 6.07) is 23.4. The molecule has 30 heavy (non-hydrogen) atoms. The Morgan fingerprint density at radius 2 is 1.67 bits per heavy atom. The van der Waals surface area contributed by atoms with E-state index in [0.29, 0.717) is 30.8 Å². The van der Waals surface area contributed by atoms with Gasteiger partial charge in [-0.1, -0.05) is 54.2 Å². The fraction of sp³-hybridized carbons (Fsp3) is 0.200. The smallest absolute Gasteiger partial charge is 0.259 e. The number of hydrogen-bond acceptors (Lipinski definition) is 3. The van der Waals surface area contributed by atoms with Gasteiger partial charge in [0.2, 0.25) is 0 Å². The molecule has 0 aromatic heterocycles. The van der Waals surface area contributed by atoms with Gasteiger partial charge in [0, 0.05) is 35.0 Å². The Kier molecular flexibility index (Phi) is 5.91. The van der Waals surface area contributed by atoms with E-state index in [9.17, 15) is 9.59 Å². The molecule has 4 nitrogen and oxygen atoms in total. The molecule has 3 aromatic rings. The molecule has 1 aliphatic rings. The monoisotopic (exact) mass is 416 g/mol. The average Bonchev–Trinajstić information content (AvgIpc) is 2.90. The third-order valence-corrected chi connectivity index (χ3v) is 6.42. The number of anilines is 1. The van der Waals surface area contributed by atoms with E-state index in [1.807, 2.05) is 91.5 Å². The van der Waals surface area contributed by atoms with Gasteiger partial charge in [-0.3, -0.25) is 9.59 Å². The van der Waals surface area contributed by atoms with Crippen molar-refractivity contribution in [2.75, 3.05) is 18.0 Å². The van der Waals surface area contributed by atoms with Crippen LogP contribution in [0.5, 0.6) is 0 Å². The molecular weight excluding hydrogens is 392 g/mol. The van der Waals surface area contributed by atoms with Crippen molar-refractivity contribution in [2.45, 2.75) is 30.2 Å². The van der Waals surface area contributed by atoms with Gasteiger partial charge in [0.25, 0.3) is 11.8 Å². The Morgan fingerprint density at radius 3 is 2.40 bits per heavy atom. The van der Waals surface area contributed by atoms with Crippen molar-refractivity contribution in [3.8, 4) is 0 Å². The van der Waals surface area contributed by atoms with Crippen LogP contribution in [0, 0.1) is 0 Å². The number of rotatable bonds is 5. The summed E-state index contributed by atoms with van der Waals surface area (Å²) in [4.78, 5) is 31.9. The van der Waals surface area contributed by atoms with E-state index in [2.05, 4.69) is 0 Å². The minimum atomic E-state index is -0.0283. The predicted octanol–water partition coefficient (Wildman–Crippen LogP) is 5.48. The molecule has 0 unspecified atom stereocenters. The van der Waals surface area contributed by atoms with Gasteiger partial charge in [-0.2, -0.15) is 0 Å². The normalized spacial score (nSPS) is 12.7. The Bertz CT molecular complexity index is 1080. The van der Waals surface area contributed by atoms with Crippen LogP contribution in [-0.4, -0.2) is 29.8 Å². The maximum absolute atomic E-state index is 13.3. The molecule has 152 valence electrons. The summed E-state index contributed by atoms with van der Waals surface area (Å²) in [6.45, 7) is 5.66. The second-order valence-corrected chi connectivity index (χ2v) is 8.22. The molecule has 0 atom stereocenters. The van der Waals surface area contributed by atoms with Gasteiger partial charge in [-0.25, -0.2) is 0 Å². The molecule has 2 amide bonds. The van der Waals surface area contributed by atoms with Crippen molar-refractivity contribution in [1.82, 2.24) is 4.90 Å². The van der Waals surface area contributed by atoms with Crippen molar-refractivity contribution < 1.29 is 9.59 Å². The largest absolute Gasteiger partial charge is 0.335 e. The number of nitrogens with zero attached hydrogens (tertiary/aromatic N) is 2. The van der Waals surface area contributed by atoms with E-state index in [4.69, 9.17) is 0 Å². The van der Waals surface area contributed by atoms with E-state index in [-0.39, 0.29) is 11.8 Å². The lowest BCUT2D eigenvalue weighted by atomic mass is 10.1. The highest BCUT2D eigenvalue weighted by molar-refractivity contribution is 7.99. The number of benzene rings is 3. The summed E-state index contributed by atoms with van der Waals surface area (Å²) in [5.41, 5.74) is 3.20. The average molecular weight is 417 g/mol. The zero-order chi connectivity index (χ0) is 21.1. The van der Waals surface area contributed by atoms with Gasteiger partial charge >= 0.3 is 0 Å². The zero-order valence-corrected chi connectivity index (χ0v) is 18.0. The van der Waals surface area contributed by atoms with Crippen LogP contribution < -0.4 is 4.90 Å².